The number of carbonyl (C=O) groups is 1. The van der Waals surface area contributed by atoms with Gasteiger partial charge in [0.2, 0.25) is 0 Å². The van der Waals surface area contributed by atoms with Crippen molar-refractivity contribution < 1.29 is 20.1 Å². The molecule has 0 aromatic rings. The van der Waals surface area contributed by atoms with Crippen LogP contribution in [-0.4, -0.2) is 27.6 Å². The number of rotatable bonds is 1. The molecule has 0 aliphatic carbocycles. The molecule has 56 valence electrons. The summed E-state index contributed by atoms with van der Waals surface area (Å²) in [6.45, 7) is 2.78. The highest BCUT2D eigenvalue weighted by atomic mass is 16.5. The van der Waals surface area contributed by atoms with Gasteiger partial charge >= 0.3 is 0 Å². The van der Waals surface area contributed by atoms with Crippen LogP contribution in [0.3, 0.4) is 0 Å². The molecule has 0 fully saturated rings. The molecule has 0 saturated carbocycles. The summed E-state index contributed by atoms with van der Waals surface area (Å²) in [7, 11) is 0. The molecule has 0 saturated heterocycles. The number of aliphatic hydroxyl groups is 2. The van der Waals surface area contributed by atoms with E-state index in [0.717, 1.165) is 6.92 Å². The van der Waals surface area contributed by atoms with E-state index >= 15 is 0 Å². The third kappa shape index (κ3) is 111. The minimum atomic E-state index is -1.12. The molecule has 0 aliphatic heterocycles. The second kappa shape index (κ2) is 7.39. The van der Waals surface area contributed by atoms with Crippen molar-refractivity contribution in [1.82, 2.24) is 0 Å². The summed E-state index contributed by atoms with van der Waals surface area (Å²) in [6, 6.07) is 0. The monoisotopic (exact) mass is 136 g/mol. The van der Waals surface area contributed by atoms with Crippen molar-refractivity contribution in [1.29, 1.82) is 0 Å². The molecule has 0 amide bonds. The Labute approximate surface area is 53.7 Å². The van der Waals surface area contributed by atoms with Gasteiger partial charge in [-0.2, -0.15) is 0 Å². The van der Waals surface area contributed by atoms with Crippen LogP contribution in [-0.2, 0) is 4.79 Å². The lowest BCUT2D eigenvalue weighted by atomic mass is 10.5. The molecule has 4 heteroatoms. The maximum atomic E-state index is 9.00. The predicted octanol–water partition coefficient (Wildman–Crippen LogP) is -0.202. The number of carboxylic acid groups (broad SMARTS) is 1. The molecule has 0 spiro atoms. The first-order valence-corrected chi connectivity index (χ1v) is 2.56. The first-order valence-electron chi connectivity index (χ1n) is 2.56. The van der Waals surface area contributed by atoms with Gasteiger partial charge in [0.25, 0.3) is 5.97 Å². The summed E-state index contributed by atoms with van der Waals surface area (Å²) in [5, 5.41) is 23.2. The lowest BCUT2D eigenvalue weighted by Gasteiger charge is -1.90. The van der Waals surface area contributed by atoms with Crippen LogP contribution in [0.1, 0.15) is 20.3 Å². The summed E-state index contributed by atoms with van der Waals surface area (Å²) in [6.07, 6.45) is -0.699. The highest BCUT2D eigenvalue weighted by Crippen LogP contribution is 1.77. The molecule has 0 aliphatic rings. The zero-order chi connectivity index (χ0) is 7.86. The van der Waals surface area contributed by atoms with Crippen LogP contribution in [0.4, 0.5) is 0 Å². The van der Waals surface area contributed by atoms with Gasteiger partial charge in [0, 0.05) is 6.92 Å². The number of aliphatic hydroxyl groups excluding tert-OH is 1. The fourth-order valence-electron chi connectivity index (χ4n) is 0. The lowest BCUT2D eigenvalue weighted by molar-refractivity contribution is -0.134. The molecule has 0 radical (unpaired) electrons. The van der Waals surface area contributed by atoms with Crippen LogP contribution in [0.25, 0.3) is 0 Å². The van der Waals surface area contributed by atoms with Crippen LogP contribution in [0.2, 0.25) is 0 Å². The van der Waals surface area contributed by atoms with E-state index < -0.39 is 12.3 Å². The fourth-order valence-corrected chi connectivity index (χ4v) is 0. The summed E-state index contributed by atoms with van der Waals surface area (Å²) in [5.74, 6) is -0.833. The molecular weight excluding hydrogens is 124 g/mol. The molecule has 0 aromatic carbocycles. The van der Waals surface area contributed by atoms with Crippen molar-refractivity contribution >= 4 is 5.97 Å². The maximum Gasteiger partial charge on any atom is 0.300 e. The Morgan fingerprint density at radius 2 is 1.67 bits per heavy atom. The van der Waals surface area contributed by atoms with Gasteiger partial charge in [0.05, 0.1) is 0 Å². The first kappa shape index (κ1) is 11.2. The Morgan fingerprint density at radius 1 is 1.56 bits per heavy atom. The van der Waals surface area contributed by atoms with Crippen LogP contribution in [0.5, 0.6) is 0 Å². The third-order valence-corrected chi connectivity index (χ3v) is 0.365. The van der Waals surface area contributed by atoms with E-state index in [2.05, 4.69) is 0 Å². The van der Waals surface area contributed by atoms with Crippen LogP contribution in [0, 0.1) is 0 Å². The second-order valence-corrected chi connectivity index (χ2v) is 1.41. The van der Waals surface area contributed by atoms with Crippen LogP contribution in [0.15, 0.2) is 0 Å². The van der Waals surface area contributed by atoms with Crippen molar-refractivity contribution in [3.63, 3.8) is 0 Å². The molecule has 0 aromatic heterocycles. The average Bonchev–Trinajstić information content (AvgIpc) is 1.65. The highest BCUT2D eigenvalue weighted by molar-refractivity contribution is 5.62. The molecule has 0 bridgehead atoms. The second-order valence-electron chi connectivity index (χ2n) is 1.41. The van der Waals surface area contributed by atoms with Gasteiger partial charge in [-0.15, -0.1) is 0 Å². The highest BCUT2D eigenvalue weighted by Gasteiger charge is 1.83. The van der Waals surface area contributed by atoms with E-state index in [-0.39, 0.29) is 0 Å². The van der Waals surface area contributed by atoms with Crippen molar-refractivity contribution in [3.8, 4) is 0 Å². The van der Waals surface area contributed by atoms with E-state index in [1.165, 1.54) is 0 Å². The average molecular weight is 136 g/mol. The SMILES string of the molecule is CC(=O)O.CCC(O)O. The van der Waals surface area contributed by atoms with Crippen LogP contribution >= 0.6 is 0 Å². The van der Waals surface area contributed by atoms with Crippen molar-refractivity contribution in [3.05, 3.63) is 0 Å². The number of hydrogen-bond acceptors (Lipinski definition) is 3. The normalized spacial score (nSPS) is 8.11. The topological polar surface area (TPSA) is 77.8 Å². The minimum absolute atomic E-state index is 0.417. The predicted molar refractivity (Wildman–Crippen MR) is 31.8 cm³/mol. The van der Waals surface area contributed by atoms with E-state index in [0.29, 0.717) is 6.42 Å². The summed E-state index contributed by atoms with van der Waals surface area (Å²) < 4.78 is 0. The van der Waals surface area contributed by atoms with E-state index in [9.17, 15) is 0 Å². The Morgan fingerprint density at radius 3 is 1.67 bits per heavy atom. The summed E-state index contributed by atoms with van der Waals surface area (Å²) >= 11 is 0. The standard InChI is InChI=1S/C3H8O2.C2H4O2/c1-2-3(4)5;1-2(3)4/h3-5H,2H2,1H3;1H3,(H,3,4). The zero-order valence-electron chi connectivity index (χ0n) is 5.53. The number of aliphatic carboxylic acids is 1. The third-order valence-electron chi connectivity index (χ3n) is 0.365. The molecule has 3 N–H and O–H groups in total. The van der Waals surface area contributed by atoms with Gasteiger partial charge in [0.1, 0.15) is 0 Å². The smallest absolute Gasteiger partial charge is 0.300 e. The molecule has 9 heavy (non-hydrogen) atoms. The lowest BCUT2D eigenvalue weighted by Crippen LogP contribution is -1.99. The maximum absolute atomic E-state index is 9.00. The summed E-state index contributed by atoms with van der Waals surface area (Å²) in [4.78, 5) is 9.00. The Hall–Kier alpha value is -0.610. The van der Waals surface area contributed by atoms with Crippen molar-refractivity contribution in [2.75, 3.05) is 0 Å². The van der Waals surface area contributed by atoms with E-state index in [1.807, 2.05) is 0 Å². The molecular formula is C5H12O4. The quantitative estimate of drug-likeness (QED) is 0.436. The van der Waals surface area contributed by atoms with E-state index in [1.54, 1.807) is 6.92 Å². The number of hydrogen-bond donors (Lipinski definition) is 3. The summed E-state index contributed by atoms with van der Waals surface area (Å²) in [5.41, 5.74) is 0. The minimum Gasteiger partial charge on any atom is -0.481 e. The Bertz CT molecular complexity index is 65.4. The zero-order valence-corrected chi connectivity index (χ0v) is 5.53. The largest absolute Gasteiger partial charge is 0.481 e. The van der Waals surface area contributed by atoms with Crippen LogP contribution < -0.4 is 0 Å². The van der Waals surface area contributed by atoms with Gasteiger partial charge in [-0.1, -0.05) is 6.92 Å². The van der Waals surface area contributed by atoms with E-state index in [4.69, 9.17) is 20.1 Å². The van der Waals surface area contributed by atoms with Crippen molar-refractivity contribution in [2.45, 2.75) is 26.6 Å². The van der Waals surface area contributed by atoms with Crippen molar-refractivity contribution in [2.24, 2.45) is 0 Å². The molecule has 4 nitrogen and oxygen atoms in total. The fraction of sp³-hybridized carbons (Fsp3) is 0.800. The molecule has 0 rings (SSSR count). The number of carboxylic acids is 1. The van der Waals surface area contributed by atoms with Gasteiger partial charge in [0.15, 0.2) is 6.29 Å². The molecule has 0 heterocycles. The Kier molecular flexibility index (Phi) is 9.21. The molecule has 0 unspecified atom stereocenters. The van der Waals surface area contributed by atoms with Gasteiger partial charge < -0.3 is 15.3 Å². The van der Waals surface area contributed by atoms with Gasteiger partial charge in [-0.05, 0) is 6.42 Å². The van der Waals surface area contributed by atoms with Gasteiger partial charge in [-0.3, -0.25) is 4.79 Å². The Balaban J connectivity index is 0. The first-order chi connectivity index (χ1) is 4.00. The van der Waals surface area contributed by atoms with Gasteiger partial charge in [-0.25, -0.2) is 0 Å². The molecule has 0 atom stereocenters.